The predicted molar refractivity (Wildman–Crippen MR) is 102 cm³/mol. The van der Waals surface area contributed by atoms with E-state index in [2.05, 4.69) is 15.4 Å². The number of Topliss-reactive ketones (excluding diaryl/α,β-unsaturated/α-hetero) is 1. The Labute approximate surface area is 166 Å². The first-order valence-electron chi connectivity index (χ1n) is 8.64. The average molecular weight is 394 g/mol. The van der Waals surface area contributed by atoms with Crippen LogP contribution in [0.4, 0.5) is 4.79 Å². The van der Waals surface area contributed by atoms with Gasteiger partial charge in [0.15, 0.2) is 5.78 Å². The van der Waals surface area contributed by atoms with Crippen LogP contribution in [-0.2, 0) is 14.3 Å². The third-order valence-electron chi connectivity index (χ3n) is 4.41. The van der Waals surface area contributed by atoms with E-state index in [0.29, 0.717) is 16.7 Å². The monoisotopic (exact) mass is 394 g/mol. The Morgan fingerprint density at radius 1 is 0.828 bits per heavy atom. The minimum atomic E-state index is -0.919. The van der Waals surface area contributed by atoms with Crippen molar-refractivity contribution >= 4 is 23.8 Å². The summed E-state index contributed by atoms with van der Waals surface area (Å²) in [7, 11) is 2.43. The molecule has 29 heavy (non-hydrogen) atoms. The number of benzene rings is 2. The largest absolute Gasteiger partial charge is 0.465 e. The Kier molecular flexibility index (Phi) is 5.73. The summed E-state index contributed by atoms with van der Waals surface area (Å²) in [6.45, 7) is 0. The fourth-order valence-electron chi connectivity index (χ4n) is 3.00. The summed E-state index contributed by atoms with van der Waals surface area (Å²) in [6.07, 6.45) is 0. The van der Waals surface area contributed by atoms with Crippen LogP contribution in [0.2, 0.25) is 0 Å². The number of ether oxygens (including phenoxy) is 2. The van der Waals surface area contributed by atoms with Crippen molar-refractivity contribution in [1.82, 2.24) is 10.6 Å². The number of amides is 2. The molecule has 1 unspecified atom stereocenters. The van der Waals surface area contributed by atoms with Crippen molar-refractivity contribution in [1.29, 1.82) is 0 Å². The van der Waals surface area contributed by atoms with Crippen molar-refractivity contribution in [2.45, 2.75) is 6.04 Å². The van der Waals surface area contributed by atoms with Gasteiger partial charge in [0.05, 0.1) is 31.4 Å². The zero-order valence-corrected chi connectivity index (χ0v) is 15.7. The molecule has 2 aromatic rings. The van der Waals surface area contributed by atoms with Crippen LogP contribution in [0.3, 0.4) is 0 Å². The molecular formula is C21H18N2O6. The highest BCUT2D eigenvalue weighted by Crippen LogP contribution is 2.30. The van der Waals surface area contributed by atoms with Crippen LogP contribution in [-0.4, -0.2) is 38.0 Å². The molecule has 0 fully saturated rings. The number of hydrogen-bond acceptors (Lipinski definition) is 6. The fraction of sp³-hybridized carbons (Fsp3) is 0.143. The lowest BCUT2D eigenvalue weighted by Crippen LogP contribution is -2.47. The quantitative estimate of drug-likeness (QED) is 0.594. The van der Waals surface area contributed by atoms with E-state index >= 15 is 0 Å². The smallest absolute Gasteiger partial charge is 0.355 e. The highest BCUT2D eigenvalue weighted by molar-refractivity contribution is 6.15. The van der Waals surface area contributed by atoms with E-state index in [4.69, 9.17) is 4.74 Å². The second-order valence-electron chi connectivity index (χ2n) is 6.12. The number of carbonyl (C=O) groups is 4. The van der Waals surface area contributed by atoms with Crippen molar-refractivity contribution in [2.24, 2.45) is 0 Å². The van der Waals surface area contributed by atoms with Gasteiger partial charge < -0.3 is 20.1 Å². The van der Waals surface area contributed by atoms with Gasteiger partial charge in [0, 0.05) is 5.56 Å². The minimum Gasteiger partial charge on any atom is -0.465 e. The van der Waals surface area contributed by atoms with Gasteiger partial charge in [-0.15, -0.1) is 0 Å². The molecule has 2 N–H and O–H groups in total. The van der Waals surface area contributed by atoms with Crippen LogP contribution in [0.25, 0.3) is 0 Å². The van der Waals surface area contributed by atoms with Gasteiger partial charge in [0.25, 0.3) is 0 Å². The zero-order chi connectivity index (χ0) is 21.0. The van der Waals surface area contributed by atoms with Crippen LogP contribution in [0, 0.1) is 0 Å². The summed E-state index contributed by atoms with van der Waals surface area (Å²) in [5.41, 5.74) is 0.969. The third kappa shape index (κ3) is 4.01. The molecule has 0 spiro atoms. The van der Waals surface area contributed by atoms with Crippen LogP contribution >= 0.6 is 0 Å². The fourth-order valence-corrected chi connectivity index (χ4v) is 3.00. The van der Waals surface area contributed by atoms with Crippen LogP contribution in [0.1, 0.15) is 32.3 Å². The molecule has 0 saturated heterocycles. The first-order valence-corrected chi connectivity index (χ1v) is 8.64. The van der Waals surface area contributed by atoms with Crippen molar-refractivity contribution in [2.75, 3.05) is 14.2 Å². The molecule has 0 aromatic heterocycles. The van der Waals surface area contributed by atoms with Crippen LogP contribution < -0.4 is 10.6 Å². The summed E-state index contributed by atoms with van der Waals surface area (Å²) >= 11 is 0. The second-order valence-corrected chi connectivity index (χ2v) is 6.12. The average Bonchev–Trinajstić information content (AvgIpc) is 2.77. The van der Waals surface area contributed by atoms with E-state index in [1.54, 1.807) is 42.5 Å². The molecule has 1 heterocycles. The molecule has 3 rings (SSSR count). The standard InChI is InChI=1S/C21H18N2O6/c1-28-19(25)14-10-8-12(9-11-14)16-15(18(24)13-6-4-3-5-7-13)17(20(26)29-2)23-21(27)22-16/h3-11,16H,1-2H3,(H2,22,23,27). The Morgan fingerprint density at radius 2 is 1.45 bits per heavy atom. The van der Waals surface area contributed by atoms with Gasteiger partial charge in [-0.3, -0.25) is 4.79 Å². The highest BCUT2D eigenvalue weighted by Gasteiger charge is 2.36. The maximum Gasteiger partial charge on any atom is 0.355 e. The summed E-state index contributed by atoms with van der Waals surface area (Å²) in [5.74, 6) is -1.80. The summed E-state index contributed by atoms with van der Waals surface area (Å²) < 4.78 is 9.43. The molecule has 2 aromatic carbocycles. The molecule has 1 aliphatic heterocycles. The van der Waals surface area contributed by atoms with Crippen molar-refractivity contribution in [3.05, 3.63) is 82.6 Å². The van der Waals surface area contributed by atoms with E-state index in [-0.39, 0.29) is 11.3 Å². The Hall–Kier alpha value is -3.94. The number of urea groups is 1. The van der Waals surface area contributed by atoms with Gasteiger partial charge in [-0.25, -0.2) is 14.4 Å². The van der Waals surface area contributed by atoms with Gasteiger partial charge in [0.1, 0.15) is 5.70 Å². The highest BCUT2D eigenvalue weighted by atomic mass is 16.5. The van der Waals surface area contributed by atoms with Gasteiger partial charge in [0.2, 0.25) is 0 Å². The van der Waals surface area contributed by atoms with E-state index in [0.717, 1.165) is 7.11 Å². The van der Waals surface area contributed by atoms with E-state index in [1.807, 2.05) is 0 Å². The molecule has 148 valence electrons. The molecule has 0 saturated carbocycles. The molecule has 8 heteroatoms. The molecular weight excluding hydrogens is 376 g/mol. The number of hydrogen-bond donors (Lipinski definition) is 2. The van der Waals surface area contributed by atoms with Crippen LogP contribution in [0.5, 0.6) is 0 Å². The summed E-state index contributed by atoms with van der Waals surface area (Å²) in [4.78, 5) is 49.3. The SMILES string of the molecule is COC(=O)C1=C(C(=O)c2ccccc2)C(c2ccc(C(=O)OC)cc2)NC(=O)N1. The Bertz CT molecular complexity index is 996. The van der Waals surface area contributed by atoms with Gasteiger partial charge in [-0.1, -0.05) is 42.5 Å². The number of carbonyl (C=O) groups excluding carboxylic acids is 4. The van der Waals surface area contributed by atoms with Gasteiger partial charge in [-0.05, 0) is 17.7 Å². The summed E-state index contributed by atoms with van der Waals surface area (Å²) in [5, 5.41) is 5.02. The minimum absolute atomic E-state index is 0.0356. The number of rotatable bonds is 5. The van der Waals surface area contributed by atoms with Crippen molar-refractivity contribution in [3.8, 4) is 0 Å². The number of methoxy groups -OCH3 is 2. The molecule has 1 aliphatic rings. The maximum absolute atomic E-state index is 13.2. The molecule has 0 radical (unpaired) electrons. The molecule has 0 bridgehead atoms. The first-order chi connectivity index (χ1) is 14.0. The predicted octanol–water partition coefficient (Wildman–Crippen LogP) is 2.14. The van der Waals surface area contributed by atoms with E-state index in [1.165, 1.54) is 19.2 Å². The van der Waals surface area contributed by atoms with Crippen LogP contribution in [0.15, 0.2) is 65.9 Å². The number of ketones is 1. The Morgan fingerprint density at radius 3 is 2.03 bits per heavy atom. The summed E-state index contributed by atoms with van der Waals surface area (Å²) in [6, 6.07) is 13.0. The normalized spacial score (nSPS) is 15.8. The zero-order valence-electron chi connectivity index (χ0n) is 15.7. The van der Waals surface area contributed by atoms with Crippen molar-refractivity contribution < 1.29 is 28.7 Å². The Balaban J connectivity index is 2.12. The molecule has 8 nitrogen and oxygen atoms in total. The number of nitrogens with one attached hydrogen (secondary N) is 2. The lowest BCUT2D eigenvalue weighted by atomic mass is 9.89. The van der Waals surface area contributed by atoms with Gasteiger partial charge >= 0.3 is 18.0 Å². The molecule has 2 amide bonds. The van der Waals surface area contributed by atoms with E-state index < -0.39 is 29.8 Å². The lowest BCUT2D eigenvalue weighted by Gasteiger charge is -2.29. The third-order valence-corrected chi connectivity index (χ3v) is 4.41. The lowest BCUT2D eigenvalue weighted by molar-refractivity contribution is -0.136. The number of esters is 2. The van der Waals surface area contributed by atoms with E-state index in [9.17, 15) is 19.2 Å². The van der Waals surface area contributed by atoms with Crippen molar-refractivity contribution in [3.63, 3.8) is 0 Å². The maximum atomic E-state index is 13.2. The topological polar surface area (TPSA) is 111 Å². The molecule has 0 aliphatic carbocycles. The second kappa shape index (κ2) is 8.39. The molecule has 1 atom stereocenters. The van der Waals surface area contributed by atoms with Gasteiger partial charge in [-0.2, -0.15) is 0 Å². The first kappa shape index (κ1) is 19.8.